The van der Waals surface area contributed by atoms with Gasteiger partial charge in [-0.3, -0.25) is 14.0 Å². The van der Waals surface area contributed by atoms with Gasteiger partial charge in [-0.2, -0.15) is 5.10 Å². The van der Waals surface area contributed by atoms with E-state index in [9.17, 15) is 9.59 Å². The number of imidazole rings is 1. The van der Waals surface area contributed by atoms with Crippen molar-refractivity contribution >= 4 is 22.2 Å². The first-order valence-electron chi connectivity index (χ1n) is 10.4. The minimum Gasteiger partial charge on any atom is -0.354 e. The van der Waals surface area contributed by atoms with E-state index in [0.29, 0.717) is 19.0 Å². The molecule has 0 saturated heterocycles. The summed E-state index contributed by atoms with van der Waals surface area (Å²) in [7, 11) is 0. The monoisotopic (exact) mass is 433 g/mol. The van der Waals surface area contributed by atoms with Gasteiger partial charge in [0.25, 0.3) is 5.56 Å². The standard InChI is InChI=1S/C23H23N5O2S/c1-15-2-4-17(5-3-15)20-13-27-18(14-31-23(27)25-20)12-21(29)24-10-11-28-22(30)9-8-19(26-28)16-6-7-16/h2-5,8-9,13-14,16H,6-7,10-12H2,1H3,(H,24,29). The Morgan fingerprint density at radius 2 is 2.00 bits per heavy atom. The molecule has 1 amide bonds. The molecule has 1 saturated carbocycles. The van der Waals surface area contributed by atoms with Crippen LogP contribution >= 0.6 is 11.3 Å². The molecular weight excluding hydrogens is 410 g/mol. The molecule has 3 aromatic heterocycles. The van der Waals surface area contributed by atoms with Crippen LogP contribution in [-0.4, -0.2) is 31.6 Å². The van der Waals surface area contributed by atoms with Crippen LogP contribution in [0.5, 0.6) is 0 Å². The first kappa shape index (κ1) is 19.7. The van der Waals surface area contributed by atoms with Crippen molar-refractivity contribution in [3.63, 3.8) is 0 Å². The zero-order valence-corrected chi connectivity index (χ0v) is 18.1. The maximum atomic E-state index is 12.5. The van der Waals surface area contributed by atoms with Gasteiger partial charge < -0.3 is 5.32 Å². The zero-order valence-electron chi connectivity index (χ0n) is 17.2. The number of aromatic nitrogens is 4. The molecule has 0 bridgehead atoms. The number of fused-ring (bicyclic) bond motifs is 1. The molecule has 1 aliphatic carbocycles. The lowest BCUT2D eigenvalue weighted by Gasteiger charge is -2.08. The third-order valence-corrected chi connectivity index (χ3v) is 6.39. The number of amides is 1. The number of thiazole rings is 1. The summed E-state index contributed by atoms with van der Waals surface area (Å²) >= 11 is 1.52. The van der Waals surface area contributed by atoms with E-state index in [2.05, 4.69) is 46.6 Å². The zero-order chi connectivity index (χ0) is 21.4. The van der Waals surface area contributed by atoms with Gasteiger partial charge in [0.2, 0.25) is 5.91 Å². The molecule has 4 aromatic rings. The van der Waals surface area contributed by atoms with Crippen molar-refractivity contribution in [3.8, 4) is 11.3 Å². The predicted octanol–water partition coefficient (Wildman–Crippen LogP) is 3.16. The number of carbonyl (C=O) groups is 1. The van der Waals surface area contributed by atoms with Gasteiger partial charge in [0, 0.05) is 41.4 Å². The Kier molecular flexibility index (Phi) is 5.15. The highest BCUT2D eigenvalue weighted by atomic mass is 32.1. The van der Waals surface area contributed by atoms with Crippen LogP contribution in [0.1, 0.15) is 35.7 Å². The summed E-state index contributed by atoms with van der Waals surface area (Å²) < 4.78 is 3.42. The summed E-state index contributed by atoms with van der Waals surface area (Å²) in [6.07, 6.45) is 4.51. The van der Waals surface area contributed by atoms with Crippen LogP contribution in [0, 0.1) is 6.92 Å². The van der Waals surface area contributed by atoms with E-state index in [0.717, 1.165) is 40.4 Å². The Morgan fingerprint density at radius 1 is 1.19 bits per heavy atom. The van der Waals surface area contributed by atoms with Crippen LogP contribution in [0.25, 0.3) is 16.2 Å². The molecule has 0 spiro atoms. The van der Waals surface area contributed by atoms with Crippen molar-refractivity contribution in [3.05, 3.63) is 75.3 Å². The molecular formula is C23H23N5O2S. The summed E-state index contributed by atoms with van der Waals surface area (Å²) in [4.78, 5) is 30.0. The predicted molar refractivity (Wildman–Crippen MR) is 120 cm³/mol. The molecule has 31 heavy (non-hydrogen) atoms. The number of benzene rings is 1. The van der Waals surface area contributed by atoms with Crippen LogP contribution in [0.15, 0.2) is 52.8 Å². The van der Waals surface area contributed by atoms with Crippen LogP contribution in [-0.2, 0) is 17.8 Å². The van der Waals surface area contributed by atoms with Crippen LogP contribution in [0.4, 0.5) is 0 Å². The number of rotatable bonds is 7. The van der Waals surface area contributed by atoms with E-state index in [1.165, 1.54) is 21.6 Å². The van der Waals surface area contributed by atoms with E-state index in [1.807, 2.05) is 22.0 Å². The topological polar surface area (TPSA) is 81.3 Å². The molecule has 3 heterocycles. The van der Waals surface area contributed by atoms with E-state index in [1.54, 1.807) is 6.07 Å². The molecule has 0 atom stereocenters. The largest absolute Gasteiger partial charge is 0.354 e. The first-order chi connectivity index (χ1) is 15.1. The van der Waals surface area contributed by atoms with Crippen molar-refractivity contribution in [2.45, 2.75) is 38.6 Å². The SMILES string of the molecule is Cc1ccc(-c2cn3c(CC(=O)NCCn4nc(C5CC5)ccc4=O)csc3n2)cc1. The van der Waals surface area contributed by atoms with Crippen LogP contribution in [0.2, 0.25) is 0 Å². The van der Waals surface area contributed by atoms with Gasteiger partial charge >= 0.3 is 0 Å². The molecule has 1 aromatic carbocycles. The lowest BCUT2D eigenvalue weighted by molar-refractivity contribution is -0.120. The van der Waals surface area contributed by atoms with Gasteiger partial charge in [-0.05, 0) is 25.8 Å². The summed E-state index contributed by atoms with van der Waals surface area (Å²) in [5.41, 5.74) is 4.89. The molecule has 5 rings (SSSR count). The summed E-state index contributed by atoms with van der Waals surface area (Å²) in [5, 5.41) is 9.29. The number of carbonyl (C=O) groups excluding carboxylic acids is 1. The summed E-state index contributed by atoms with van der Waals surface area (Å²) in [6, 6.07) is 11.6. The van der Waals surface area contributed by atoms with Gasteiger partial charge in [0.05, 0.1) is 24.4 Å². The molecule has 0 radical (unpaired) electrons. The van der Waals surface area contributed by atoms with Gasteiger partial charge in [-0.25, -0.2) is 9.67 Å². The van der Waals surface area contributed by atoms with Gasteiger partial charge in [0.1, 0.15) is 0 Å². The third-order valence-electron chi connectivity index (χ3n) is 5.50. The van der Waals surface area contributed by atoms with Crippen molar-refractivity contribution in [1.82, 2.24) is 24.5 Å². The quantitative estimate of drug-likeness (QED) is 0.485. The normalized spacial score (nSPS) is 13.6. The Balaban J connectivity index is 1.22. The van der Waals surface area contributed by atoms with E-state index in [4.69, 9.17) is 0 Å². The number of nitrogens with one attached hydrogen (secondary N) is 1. The fourth-order valence-corrected chi connectivity index (χ4v) is 4.44. The second-order valence-electron chi connectivity index (χ2n) is 7.99. The number of nitrogens with zero attached hydrogens (tertiary/aromatic N) is 4. The Hall–Kier alpha value is -3.26. The van der Waals surface area contributed by atoms with Crippen LogP contribution < -0.4 is 10.9 Å². The Bertz CT molecular complexity index is 1300. The number of aryl methyl sites for hydroxylation is 1. The maximum Gasteiger partial charge on any atom is 0.266 e. The highest BCUT2D eigenvalue weighted by Crippen LogP contribution is 2.38. The van der Waals surface area contributed by atoms with Crippen LogP contribution in [0.3, 0.4) is 0 Å². The van der Waals surface area contributed by atoms with E-state index in [-0.39, 0.29) is 17.9 Å². The van der Waals surface area contributed by atoms with Gasteiger partial charge in [0.15, 0.2) is 4.96 Å². The Labute approximate surface area is 183 Å². The lowest BCUT2D eigenvalue weighted by Crippen LogP contribution is -2.33. The van der Waals surface area contributed by atoms with Crippen molar-refractivity contribution in [1.29, 1.82) is 0 Å². The van der Waals surface area contributed by atoms with Crippen molar-refractivity contribution < 1.29 is 4.79 Å². The molecule has 1 N–H and O–H groups in total. The number of hydrogen-bond acceptors (Lipinski definition) is 5. The summed E-state index contributed by atoms with van der Waals surface area (Å²) in [6.45, 7) is 2.79. The molecule has 158 valence electrons. The molecule has 1 aliphatic rings. The first-order valence-corrected chi connectivity index (χ1v) is 11.3. The second-order valence-corrected chi connectivity index (χ2v) is 8.83. The average Bonchev–Trinajstić information content (AvgIpc) is 3.42. The van der Waals surface area contributed by atoms with Crippen molar-refractivity contribution in [2.75, 3.05) is 6.54 Å². The number of hydrogen-bond donors (Lipinski definition) is 1. The lowest BCUT2D eigenvalue weighted by atomic mass is 10.1. The highest BCUT2D eigenvalue weighted by molar-refractivity contribution is 7.15. The third kappa shape index (κ3) is 4.29. The van der Waals surface area contributed by atoms with E-state index >= 15 is 0 Å². The molecule has 0 aliphatic heterocycles. The molecule has 7 nitrogen and oxygen atoms in total. The highest BCUT2D eigenvalue weighted by Gasteiger charge is 2.25. The smallest absolute Gasteiger partial charge is 0.266 e. The fraction of sp³-hybridized carbons (Fsp3) is 0.304. The minimum atomic E-state index is -0.139. The molecule has 8 heteroatoms. The molecule has 0 unspecified atom stereocenters. The fourth-order valence-electron chi connectivity index (χ4n) is 3.57. The van der Waals surface area contributed by atoms with Gasteiger partial charge in [-0.15, -0.1) is 11.3 Å². The van der Waals surface area contributed by atoms with E-state index < -0.39 is 0 Å². The minimum absolute atomic E-state index is 0.0864. The maximum absolute atomic E-state index is 12.5. The molecule has 1 fully saturated rings. The Morgan fingerprint density at radius 3 is 2.77 bits per heavy atom. The van der Waals surface area contributed by atoms with Crippen molar-refractivity contribution in [2.24, 2.45) is 0 Å². The van der Waals surface area contributed by atoms with Gasteiger partial charge in [-0.1, -0.05) is 29.8 Å². The summed E-state index contributed by atoms with van der Waals surface area (Å²) in [5.74, 6) is 0.402. The second kappa shape index (κ2) is 8.11. The average molecular weight is 434 g/mol.